The molecule has 2 atom stereocenters. The zero-order valence-electron chi connectivity index (χ0n) is 15.1. The van der Waals surface area contributed by atoms with Crippen LogP contribution in [0.2, 0.25) is 5.02 Å². The number of alkyl halides is 3. The molecule has 0 aliphatic heterocycles. The van der Waals surface area contributed by atoms with Gasteiger partial charge in [-0.2, -0.15) is 18.3 Å². The first-order valence-corrected chi connectivity index (χ1v) is 9.18. The van der Waals surface area contributed by atoms with Crippen molar-refractivity contribution in [2.24, 2.45) is 5.92 Å². The third-order valence-electron chi connectivity index (χ3n) is 5.19. The van der Waals surface area contributed by atoms with E-state index in [0.717, 1.165) is 29.9 Å². The van der Waals surface area contributed by atoms with Crippen molar-refractivity contribution in [3.05, 3.63) is 39.8 Å². The van der Waals surface area contributed by atoms with Crippen LogP contribution in [0.4, 0.5) is 13.2 Å². The second kappa shape index (κ2) is 6.18. The van der Waals surface area contributed by atoms with Gasteiger partial charge in [0.15, 0.2) is 11.5 Å². The molecule has 2 N–H and O–H groups in total. The van der Waals surface area contributed by atoms with E-state index in [0.29, 0.717) is 12.3 Å². The number of carbonyl (C=O) groups is 1. The maximum absolute atomic E-state index is 13.2. The zero-order chi connectivity index (χ0) is 20.4. The van der Waals surface area contributed by atoms with E-state index < -0.39 is 28.2 Å². The highest BCUT2D eigenvalue weighted by Crippen LogP contribution is 2.57. The first kappa shape index (κ1) is 19.2. The number of nitrogens with one attached hydrogen (secondary N) is 1. The van der Waals surface area contributed by atoms with Crippen molar-refractivity contribution in [1.82, 2.24) is 20.1 Å². The van der Waals surface area contributed by atoms with Crippen LogP contribution in [0, 0.1) is 5.92 Å². The molecule has 1 saturated carbocycles. The number of nitrogens with zero attached hydrogens (tertiary/aromatic N) is 3. The van der Waals surface area contributed by atoms with E-state index in [1.165, 1.54) is 4.68 Å². The van der Waals surface area contributed by atoms with E-state index in [2.05, 4.69) is 15.4 Å². The lowest BCUT2D eigenvalue weighted by Gasteiger charge is -2.23. The minimum Gasteiger partial charge on any atom is -0.394 e. The van der Waals surface area contributed by atoms with Gasteiger partial charge in [0.25, 0.3) is 5.91 Å². The van der Waals surface area contributed by atoms with E-state index in [9.17, 15) is 23.1 Å². The number of pyridine rings is 1. The Hall–Kier alpha value is -2.13. The smallest absolute Gasteiger partial charge is 0.394 e. The highest BCUT2D eigenvalue weighted by atomic mass is 35.5. The Morgan fingerprint density at radius 1 is 1.43 bits per heavy atom. The van der Waals surface area contributed by atoms with Gasteiger partial charge in [0.2, 0.25) is 0 Å². The topological polar surface area (TPSA) is 80.0 Å². The fourth-order valence-corrected chi connectivity index (χ4v) is 3.85. The van der Waals surface area contributed by atoms with Gasteiger partial charge in [-0.15, -0.1) is 0 Å². The molecule has 2 aromatic rings. The number of amides is 1. The summed E-state index contributed by atoms with van der Waals surface area (Å²) in [5.41, 5.74) is -0.218. The SMILES string of the molecule is CC(C)(CO)NC(=O)c1nn(-c2cc(C(F)(F)F)c(Cl)cn2)c2c1C[C@H]1C[C@@H]21. The number of fused-ring (bicyclic) bond motifs is 3. The maximum Gasteiger partial charge on any atom is 0.418 e. The van der Waals surface area contributed by atoms with Gasteiger partial charge in [-0.3, -0.25) is 4.79 Å². The summed E-state index contributed by atoms with van der Waals surface area (Å²) < 4.78 is 41.0. The molecular weight excluding hydrogens is 397 g/mol. The number of aromatic nitrogens is 3. The molecule has 1 fully saturated rings. The van der Waals surface area contributed by atoms with Crippen molar-refractivity contribution in [2.45, 2.75) is 44.3 Å². The van der Waals surface area contributed by atoms with Crippen molar-refractivity contribution >= 4 is 17.5 Å². The van der Waals surface area contributed by atoms with Crippen molar-refractivity contribution in [2.75, 3.05) is 6.61 Å². The van der Waals surface area contributed by atoms with Crippen LogP contribution < -0.4 is 5.32 Å². The Bertz CT molecular complexity index is 970. The number of carbonyl (C=O) groups excluding carboxylic acids is 1. The molecule has 2 aromatic heterocycles. The van der Waals surface area contributed by atoms with Crippen molar-refractivity contribution in [3.8, 4) is 5.82 Å². The summed E-state index contributed by atoms with van der Waals surface area (Å²) in [4.78, 5) is 16.7. The molecule has 0 unspecified atom stereocenters. The van der Waals surface area contributed by atoms with Gasteiger partial charge in [-0.1, -0.05) is 11.6 Å². The summed E-state index contributed by atoms with van der Waals surface area (Å²) in [5.74, 6) is 0.0501. The summed E-state index contributed by atoms with van der Waals surface area (Å²) >= 11 is 5.67. The molecule has 0 aromatic carbocycles. The minimum absolute atomic E-state index is 0.0269. The second-order valence-electron chi connectivity index (χ2n) is 7.95. The lowest BCUT2D eigenvalue weighted by molar-refractivity contribution is -0.137. The molecule has 2 heterocycles. The van der Waals surface area contributed by atoms with Crippen LogP contribution in [0.5, 0.6) is 0 Å². The van der Waals surface area contributed by atoms with Crippen molar-refractivity contribution < 1.29 is 23.1 Å². The third kappa shape index (κ3) is 3.16. The molecule has 4 rings (SSSR count). The predicted octanol–water partition coefficient (Wildman–Crippen LogP) is 3.10. The van der Waals surface area contributed by atoms with Crippen LogP contribution in [-0.2, 0) is 12.6 Å². The molecule has 150 valence electrons. The third-order valence-corrected chi connectivity index (χ3v) is 5.49. The zero-order valence-corrected chi connectivity index (χ0v) is 15.9. The average Bonchev–Trinajstić information content (AvgIpc) is 3.09. The van der Waals surface area contributed by atoms with Gasteiger partial charge in [0.1, 0.15) is 0 Å². The summed E-state index contributed by atoms with van der Waals surface area (Å²) in [6, 6.07) is 0.852. The minimum atomic E-state index is -4.63. The first-order chi connectivity index (χ1) is 13.0. The largest absolute Gasteiger partial charge is 0.418 e. The Kier molecular flexibility index (Phi) is 4.24. The van der Waals surface area contributed by atoms with Crippen LogP contribution in [0.1, 0.15) is 53.5 Å². The fraction of sp³-hybridized carbons (Fsp3) is 0.500. The second-order valence-corrected chi connectivity index (χ2v) is 8.35. The highest BCUT2D eigenvalue weighted by Gasteiger charge is 2.50. The van der Waals surface area contributed by atoms with Gasteiger partial charge in [0, 0.05) is 17.7 Å². The van der Waals surface area contributed by atoms with Gasteiger partial charge >= 0.3 is 6.18 Å². The summed E-state index contributed by atoms with van der Waals surface area (Å²) in [6.07, 6.45) is -2.11. The van der Waals surface area contributed by atoms with E-state index in [4.69, 9.17) is 11.6 Å². The molecule has 28 heavy (non-hydrogen) atoms. The lowest BCUT2D eigenvalue weighted by atomic mass is 10.1. The fourth-order valence-electron chi connectivity index (χ4n) is 3.64. The molecule has 6 nitrogen and oxygen atoms in total. The number of hydrogen-bond acceptors (Lipinski definition) is 4. The Balaban J connectivity index is 1.79. The Morgan fingerprint density at radius 3 is 2.79 bits per heavy atom. The van der Waals surface area contributed by atoms with Crippen LogP contribution in [0.25, 0.3) is 5.82 Å². The maximum atomic E-state index is 13.2. The molecule has 0 bridgehead atoms. The number of halogens is 4. The molecule has 0 spiro atoms. The predicted molar refractivity (Wildman–Crippen MR) is 94.6 cm³/mol. The molecule has 10 heteroatoms. The number of rotatable bonds is 4. The van der Waals surface area contributed by atoms with E-state index in [1.807, 2.05) is 0 Å². The number of aliphatic hydroxyl groups is 1. The summed E-state index contributed by atoms with van der Waals surface area (Å²) in [5, 5.41) is 15.9. The molecule has 0 radical (unpaired) electrons. The average molecular weight is 415 g/mol. The molecule has 2 aliphatic rings. The van der Waals surface area contributed by atoms with Gasteiger partial charge in [-0.05, 0) is 38.7 Å². The normalized spacial score (nSPS) is 20.7. The molecular formula is C18H18ClF3N4O2. The van der Waals surface area contributed by atoms with Gasteiger partial charge in [0.05, 0.1) is 28.4 Å². The summed E-state index contributed by atoms with van der Waals surface area (Å²) in [6.45, 7) is 3.06. The van der Waals surface area contributed by atoms with Crippen molar-refractivity contribution in [3.63, 3.8) is 0 Å². The van der Waals surface area contributed by atoms with Crippen LogP contribution in [-0.4, -0.2) is 37.9 Å². The lowest BCUT2D eigenvalue weighted by Crippen LogP contribution is -2.46. The summed E-state index contributed by atoms with van der Waals surface area (Å²) in [7, 11) is 0. The highest BCUT2D eigenvalue weighted by molar-refractivity contribution is 6.31. The van der Waals surface area contributed by atoms with Crippen molar-refractivity contribution in [1.29, 1.82) is 0 Å². The number of hydrogen-bond donors (Lipinski definition) is 2. The quantitative estimate of drug-likeness (QED) is 0.805. The Morgan fingerprint density at radius 2 is 2.14 bits per heavy atom. The first-order valence-electron chi connectivity index (χ1n) is 8.80. The Labute approximate surface area is 163 Å². The standard InChI is InChI=1S/C18H18ClF3N4O2/c1-17(2,7-27)24-16(28)14-10-4-8-3-9(8)15(10)26(25-14)13-5-11(18(20,21)22)12(19)6-23-13/h5-6,8-9,27H,3-4,7H2,1-2H3,(H,24,28)/t8-,9-/m1/s1. The van der Waals surface area contributed by atoms with Gasteiger partial charge < -0.3 is 10.4 Å². The molecule has 1 amide bonds. The molecule has 0 saturated heterocycles. The van der Waals surface area contributed by atoms with Crippen LogP contribution in [0.15, 0.2) is 12.3 Å². The van der Waals surface area contributed by atoms with E-state index in [1.54, 1.807) is 13.8 Å². The van der Waals surface area contributed by atoms with Gasteiger partial charge in [-0.25, -0.2) is 9.67 Å². The number of aliphatic hydroxyl groups excluding tert-OH is 1. The van der Waals surface area contributed by atoms with Crippen LogP contribution >= 0.6 is 11.6 Å². The molecule has 2 aliphatic carbocycles. The van der Waals surface area contributed by atoms with E-state index in [-0.39, 0.29) is 24.0 Å². The van der Waals surface area contributed by atoms with Crippen LogP contribution in [0.3, 0.4) is 0 Å². The van der Waals surface area contributed by atoms with E-state index >= 15 is 0 Å². The monoisotopic (exact) mass is 414 g/mol.